The molecule has 7 heteroatoms. The molecule has 5 nitrogen and oxygen atoms in total. The Morgan fingerprint density at radius 1 is 1.21 bits per heavy atom. The number of nitrogens with two attached hydrogens (primary N) is 1. The number of nitrogens with zero attached hydrogens (tertiary/aromatic N) is 2. The van der Waals surface area contributed by atoms with Crippen molar-refractivity contribution in [3.63, 3.8) is 0 Å². The van der Waals surface area contributed by atoms with Crippen molar-refractivity contribution < 1.29 is 9.57 Å². The van der Waals surface area contributed by atoms with Gasteiger partial charge in [0.2, 0.25) is 5.88 Å². The first-order valence-electron chi connectivity index (χ1n) is 7.08. The van der Waals surface area contributed by atoms with Crippen LogP contribution in [0.15, 0.2) is 69.0 Å². The summed E-state index contributed by atoms with van der Waals surface area (Å²) in [5.41, 5.74) is 7.61. The molecule has 122 valence electrons. The first-order valence-corrected chi connectivity index (χ1v) is 8.75. The zero-order valence-corrected chi connectivity index (χ0v) is 15.0. The molecule has 2 N–H and O–H groups in total. The summed E-state index contributed by atoms with van der Waals surface area (Å²) < 4.78 is 6.68. The minimum absolute atomic E-state index is 0.267. The van der Waals surface area contributed by atoms with Crippen molar-refractivity contribution in [2.45, 2.75) is 6.61 Å². The zero-order chi connectivity index (χ0) is 16.8. The lowest BCUT2D eigenvalue weighted by Crippen LogP contribution is -2.14. The molecule has 0 spiro atoms. The fraction of sp³-hybridized carbons (Fsp3) is 0.0588. The maximum atomic E-state index is 5.90. The van der Waals surface area contributed by atoms with E-state index in [1.54, 1.807) is 29.7 Å². The molecule has 0 aliphatic carbocycles. The van der Waals surface area contributed by atoms with Gasteiger partial charge in [-0.15, -0.1) is 11.3 Å². The molecule has 1 aromatic carbocycles. The second-order valence-electron chi connectivity index (χ2n) is 4.81. The number of aromatic nitrogens is 1. The van der Waals surface area contributed by atoms with Crippen molar-refractivity contribution in [1.82, 2.24) is 4.98 Å². The van der Waals surface area contributed by atoms with Crippen molar-refractivity contribution in [3.8, 4) is 11.6 Å². The molecule has 0 radical (unpaired) electrons. The quantitative estimate of drug-likeness (QED) is 0.372. The summed E-state index contributed by atoms with van der Waals surface area (Å²) in [6.07, 6.45) is 1.60. The maximum Gasteiger partial charge on any atom is 0.219 e. The van der Waals surface area contributed by atoms with Gasteiger partial charge in [-0.1, -0.05) is 23.4 Å². The molecule has 3 rings (SSSR count). The third-order valence-electron chi connectivity index (χ3n) is 3.01. The molecule has 2 aromatic heterocycles. The van der Waals surface area contributed by atoms with E-state index in [1.807, 2.05) is 41.8 Å². The fourth-order valence-corrected chi connectivity index (χ4v) is 3.05. The van der Waals surface area contributed by atoms with Gasteiger partial charge in [-0.05, 0) is 45.6 Å². The largest absolute Gasteiger partial charge is 0.439 e. The molecule has 0 saturated heterocycles. The van der Waals surface area contributed by atoms with Gasteiger partial charge in [0.05, 0.1) is 3.79 Å². The maximum absolute atomic E-state index is 5.90. The van der Waals surface area contributed by atoms with Crippen LogP contribution in [0.2, 0.25) is 0 Å². The Balaban J connectivity index is 1.58. The van der Waals surface area contributed by atoms with Crippen LogP contribution in [0.4, 0.5) is 0 Å². The van der Waals surface area contributed by atoms with Crippen molar-refractivity contribution in [2.75, 3.05) is 0 Å². The number of hydrogen-bond acceptors (Lipinski definition) is 5. The Morgan fingerprint density at radius 2 is 2.04 bits per heavy atom. The smallest absolute Gasteiger partial charge is 0.219 e. The van der Waals surface area contributed by atoms with Gasteiger partial charge in [-0.25, -0.2) is 4.98 Å². The molecule has 0 bridgehead atoms. The van der Waals surface area contributed by atoms with Gasteiger partial charge in [0.25, 0.3) is 0 Å². The summed E-state index contributed by atoms with van der Waals surface area (Å²) in [5, 5.41) is 5.91. The van der Waals surface area contributed by atoms with Gasteiger partial charge in [-0.2, -0.15) is 0 Å². The molecule has 0 unspecified atom stereocenters. The topological polar surface area (TPSA) is 69.7 Å². The van der Waals surface area contributed by atoms with Crippen LogP contribution in [0.3, 0.4) is 0 Å². The molecule has 0 atom stereocenters. The molecule has 2 heterocycles. The predicted octanol–water partition coefficient (Wildman–Crippen LogP) is 4.54. The Kier molecular flexibility index (Phi) is 5.45. The van der Waals surface area contributed by atoms with E-state index in [-0.39, 0.29) is 5.84 Å². The number of benzene rings is 1. The summed E-state index contributed by atoms with van der Waals surface area (Å²) in [5.74, 6) is 1.48. The first kappa shape index (κ1) is 16.5. The molecule has 0 aliphatic rings. The molecule has 24 heavy (non-hydrogen) atoms. The summed E-state index contributed by atoms with van der Waals surface area (Å²) in [6, 6.07) is 15.0. The Morgan fingerprint density at radius 3 is 2.71 bits per heavy atom. The molecular formula is C17H14BrN3O2S. The van der Waals surface area contributed by atoms with Crippen LogP contribution >= 0.6 is 27.3 Å². The third-order valence-corrected chi connectivity index (χ3v) is 4.57. The molecule has 0 amide bonds. The van der Waals surface area contributed by atoms with Gasteiger partial charge < -0.3 is 15.3 Å². The lowest BCUT2D eigenvalue weighted by Gasteiger charge is -2.05. The number of amidine groups is 1. The van der Waals surface area contributed by atoms with E-state index in [0.717, 1.165) is 15.1 Å². The van der Waals surface area contributed by atoms with E-state index in [0.29, 0.717) is 18.1 Å². The molecule has 0 fully saturated rings. The minimum atomic E-state index is 0.267. The number of pyridine rings is 1. The Bertz CT molecular complexity index is 819. The number of hydrogen-bond donors (Lipinski definition) is 1. The second-order valence-corrected chi connectivity index (χ2v) is 7.10. The van der Waals surface area contributed by atoms with E-state index in [2.05, 4.69) is 26.1 Å². The van der Waals surface area contributed by atoms with E-state index in [9.17, 15) is 0 Å². The summed E-state index contributed by atoms with van der Waals surface area (Å²) >= 11 is 5.00. The van der Waals surface area contributed by atoms with E-state index in [4.69, 9.17) is 15.3 Å². The average Bonchev–Trinajstić information content (AvgIpc) is 3.02. The Hall–Kier alpha value is -2.38. The van der Waals surface area contributed by atoms with Gasteiger partial charge in [-0.3, -0.25) is 0 Å². The highest BCUT2D eigenvalue weighted by molar-refractivity contribution is 9.11. The average molecular weight is 404 g/mol. The number of thiophene rings is 1. The number of para-hydroxylation sites is 1. The summed E-state index contributed by atoms with van der Waals surface area (Å²) in [7, 11) is 0. The minimum Gasteiger partial charge on any atom is -0.439 e. The van der Waals surface area contributed by atoms with Gasteiger partial charge >= 0.3 is 0 Å². The van der Waals surface area contributed by atoms with Crippen molar-refractivity contribution in [2.24, 2.45) is 10.9 Å². The highest BCUT2D eigenvalue weighted by Gasteiger charge is 2.03. The van der Waals surface area contributed by atoms with Gasteiger partial charge in [0, 0.05) is 23.4 Å². The van der Waals surface area contributed by atoms with Crippen LogP contribution in [-0.4, -0.2) is 10.8 Å². The molecule has 3 aromatic rings. The monoisotopic (exact) mass is 403 g/mol. The Labute approximate surface area is 151 Å². The first-order chi connectivity index (χ1) is 11.7. The van der Waals surface area contributed by atoms with Gasteiger partial charge in [0.15, 0.2) is 5.84 Å². The number of halogens is 1. The highest BCUT2D eigenvalue weighted by atomic mass is 79.9. The highest BCUT2D eigenvalue weighted by Crippen LogP contribution is 2.21. The van der Waals surface area contributed by atoms with Crippen molar-refractivity contribution in [3.05, 3.63) is 75.0 Å². The second kappa shape index (κ2) is 7.94. The van der Waals surface area contributed by atoms with Crippen molar-refractivity contribution in [1.29, 1.82) is 0 Å². The molecule has 0 aliphatic heterocycles. The van der Waals surface area contributed by atoms with Crippen LogP contribution in [0.1, 0.15) is 11.1 Å². The third kappa shape index (κ3) is 4.56. The lowest BCUT2D eigenvalue weighted by molar-refractivity contribution is 0.130. The lowest BCUT2D eigenvalue weighted by atomic mass is 10.3. The molecule has 0 saturated carbocycles. The standard InChI is InChI=1S/C17H14BrN3O2S/c18-15-8-12(11-24-15)10-22-21-17(19)13-6-7-16(20-9-13)23-14-4-2-1-3-5-14/h1-9,11H,10H2,(H2,19,21). The van der Waals surface area contributed by atoms with Crippen LogP contribution in [0.25, 0.3) is 0 Å². The van der Waals surface area contributed by atoms with Crippen LogP contribution < -0.4 is 10.5 Å². The summed E-state index contributed by atoms with van der Waals surface area (Å²) in [6.45, 7) is 0.366. The molecular weight excluding hydrogens is 390 g/mol. The summed E-state index contributed by atoms with van der Waals surface area (Å²) in [4.78, 5) is 9.49. The number of rotatable bonds is 6. The van der Waals surface area contributed by atoms with Crippen molar-refractivity contribution >= 4 is 33.1 Å². The normalized spacial score (nSPS) is 11.3. The SMILES string of the molecule is N/C(=N\OCc1csc(Br)c1)c1ccc(Oc2ccccc2)nc1. The van der Waals surface area contributed by atoms with Crippen LogP contribution in [0, 0.1) is 0 Å². The number of ether oxygens (including phenoxy) is 1. The van der Waals surface area contributed by atoms with Gasteiger partial charge in [0.1, 0.15) is 12.4 Å². The predicted molar refractivity (Wildman–Crippen MR) is 98.3 cm³/mol. The van der Waals surface area contributed by atoms with Crippen LogP contribution in [0.5, 0.6) is 11.6 Å². The van der Waals surface area contributed by atoms with E-state index in [1.165, 1.54) is 0 Å². The fourth-order valence-electron chi connectivity index (χ4n) is 1.85. The van der Waals surface area contributed by atoms with Crippen LogP contribution in [-0.2, 0) is 11.4 Å². The zero-order valence-electron chi connectivity index (χ0n) is 12.6. The van der Waals surface area contributed by atoms with E-state index >= 15 is 0 Å². The number of oxime groups is 1. The van der Waals surface area contributed by atoms with E-state index < -0.39 is 0 Å².